The first kappa shape index (κ1) is 31.3. The number of hydrogen-bond donors (Lipinski definition) is 0. The summed E-state index contributed by atoms with van der Waals surface area (Å²) in [6.45, 7) is 0. The Balaban J connectivity index is 1.11. The zero-order valence-corrected chi connectivity index (χ0v) is 30.7. The number of benzene rings is 10. The van der Waals surface area contributed by atoms with E-state index in [2.05, 4.69) is 194 Å². The maximum atomic E-state index is 5.50. The fourth-order valence-corrected chi connectivity index (χ4v) is 9.86. The van der Waals surface area contributed by atoms with Gasteiger partial charge in [-0.3, -0.25) is 4.99 Å². The van der Waals surface area contributed by atoms with Crippen molar-refractivity contribution in [1.29, 1.82) is 0 Å². The molecule has 1 atom stereocenters. The summed E-state index contributed by atoms with van der Waals surface area (Å²) in [6.07, 6.45) is 0.948. The molecular formula is C55H35N. The predicted molar refractivity (Wildman–Crippen MR) is 237 cm³/mol. The highest BCUT2D eigenvalue weighted by Gasteiger charge is 2.33. The normalized spacial score (nSPS) is 14.3. The largest absolute Gasteiger partial charge is 0.252 e. The Morgan fingerprint density at radius 2 is 0.857 bits per heavy atom. The first-order chi connectivity index (χ1) is 27.8. The Morgan fingerprint density at radius 3 is 1.57 bits per heavy atom. The summed E-state index contributed by atoms with van der Waals surface area (Å²) >= 11 is 0. The summed E-state index contributed by atoms with van der Waals surface area (Å²) in [5.41, 5.74) is 16.3. The van der Waals surface area contributed by atoms with Crippen molar-refractivity contribution >= 4 is 54.5 Å². The van der Waals surface area contributed by atoms with Crippen molar-refractivity contribution in [3.8, 4) is 44.5 Å². The van der Waals surface area contributed by atoms with Crippen LogP contribution in [-0.4, -0.2) is 5.71 Å². The molecule has 0 amide bonds. The van der Waals surface area contributed by atoms with Crippen LogP contribution in [0.15, 0.2) is 199 Å². The van der Waals surface area contributed by atoms with Crippen LogP contribution in [0.25, 0.3) is 87.6 Å². The molecule has 56 heavy (non-hydrogen) atoms. The Morgan fingerprint density at radius 1 is 0.357 bits per heavy atom. The molecule has 1 heterocycles. The lowest BCUT2D eigenvalue weighted by atomic mass is 9.73. The molecule has 1 unspecified atom stereocenters. The molecule has 1 nitrogen and oxygen atoms in total. The van der Waals surface area contributed by atoms with Gasteiger partial charge in [0.25, 0.3) is 0 Å². The van der Waals surface area contributed by atoms with Gasteiger partial charge in [0.15, 0.2) is 0 Å². The fraction of sp³-hybridized carbons (Fsp3) is 0.0364. The lowest BCUT2D eigenvalue weighted by Crippen LogP contribution is -2.24. The van der Waals surface area contributed by atoms with Crippen LogP contribution in [0.1, 0.15) is 22.6 Å². The fourth-order valence-electron chi connectivity index (χ4n) is 9.86. The Bertz CT molecular complexity index is 3280. The van der Waals surface area contributed by atoms with Gasteiger partial charge in [0, 0.05) is 11.5 Å². The number of hydrogen-bond acceptors (Lipinski definition) is 1. The van der Waals surface area contributed by atoms with E-state index in [0.717, 1.165) is 12.1 Å². The average molecular weight is 710 g/mol. The summed E-state index contributed by atoms with van der Waals surface area (Å²) in [5.74, 6) is 0.254. The molecule has 10 aromatic rings. The third-order valence-corrected chi connectivity index (χ3v) is 12.4. The summed E-state index contributed by atoms with van der Waals surface area (Å²) in [7, 11) is 0. The zero-order valence-electron chi connectivity index (χ0n) is 30.7. The summed E-state index contributed by atoms with van der Waals surface area (Å²) in [6, 6.07) is 71.8. The van der Waals surface area contributed by atoms with Crippen molar-refractivity contribution in [2.75, 3.05) is 0 Å². The Labute approximate surface area is 325 Å². The molecule has 1 aliphatic heterocycles. The molecule has 0 fully saturated rings. The van der Waals surface area contributed by atoms with E-state index in [1.54, 1.807) is 0 Å². The molecule has 0 saturated heterocycles. The second-order valence-electron chi connectivity index (χ2n) is 15.3. The maximum absolute atomic E-state index is 5.50. The number of rotatable bonds is 3. The molecule has 0 aromatic heterocycles. The van der Waals surface area contributed by atoms with Gasteiger partial charge < -0.3 is 0 Å². The second-order valence-corrected chi connectivity index (χ2v) is 15.3. The molecule has 1 aliphatic carbocycles. The zero-order chi connectivity index (χ0) is 36.7. The molecule has 0 saturated carbocycles. The van der Waals surface area contributed by atoms with E-state index in [1.165, 1.54) is 110 Å². The molecule has 2 aliphatic rings. The molecule has 260 valence electrons. The highest BCUT2D eigenvalue weighted by atomic mass is 14.8. The van der Waals surface area contributed by atoms with Crippen LogP contribution < -0.4 is 0 Å². The Hall–Kier alpha value is -7.09. The van der Waals surface area contributed by atoms with Gasteiger partial charge in [-0.2, -0.15) is 0 Å². The molecule has 1 heteroatoms. The number of aliphatic imine (C=N–C) groups is 1. The monoisotopic (exact) mass is 709 g/mol. The van der Waals surface area contributed by atoms with E-state index in [-0.39, 0.29) is 5.92 Å². The lowest BCUT2D eigenvalue weighted by Gasteiger charge is -2.33. The summed E-state index contributed by atoms with van der Waals surface area (Å²) < 4.78 is 0. The molecule has 0 radical (unpaired) electrons. The van der Waals surface area contributed by atoms with Crippen molar-refractivity contribution in [1.82, 2.24) is 0 Å². The standard InChI is InChI=1S/C55H35N/c1-3-17-39-34(13-1)15-11-25-44(39)53-46-22-8-9-23-47(46)54(45-26-12-16-35-14-2-4-18-40(35)45)50-31-36(29-30-48(50)53)37-27-28-38-32-51-43-21-6-5-19-41(43)42-20-7-10-24-49(42)55(51)56-52(38)33-37/h1-31,33,51H,32H2. The van der Waals surface area contributed by atoms with Gasteiger partial charge in [0.1, 0.15) is 0 Å². The van der Waals surface area contributed by atoms with Crippen molar-refractivity contribution in [3.63, 3.8) is 0 Å². The van der Waals surface area contributed by atoms with Crippen molar-refractivity contribution in [2.45, 2.75) is 12.3 Å². The second kappa shape index (κ2) is 12.2. The first-order valence-corrected chi connectivity index (χ1v) is 19.6. The summed E-state index contributed by atoms with van der Waals surface area (Å²) in [5, 5.41) is 10.1. The molecule has 10 aromatic carbocycles. The van der Waals surface area contributed by atoms with Crippen LogP contribution in [0.4, 0.5) is 5.69 Å². The number of nitrogens with zero attached hydrogens (tertiary/aromatic N) is 1. The minimum absolute atomic E-state index is 0.254. The average Bonchev–Trinajstić information content (AvgIpc) is 3.27. The topological polar surface area (TPSA) is 12.4 Å². The van der Waals surface area contributed by atoms with Gasteiger partial charge in [-0.05, 0) is 117 Å². The van der Waals surface area contributed by atoms with Crippen LogP contribution in [0.2, 0.25) is 0 Å². The quantitative estimate of drug-likeness (QED) is 0.162. The molecular weight excluding hydrogens is 675 g/mol. The molecule has 0 N–H and O–H groups in total. The minimum atomic E-state index is 0.254. The van der Waals surface area contributed by atoms with Crippen LogP contribution in [0.5, 0.6) is 0 Å². The van der Waals surface area contributed by atoms with Crippen LogP contribution in [0, 0.1) is 0 Å². The lowest BCUT2D eigenvalue weighted by molar-refractivity contribution is 0.855. The van der Waals surface area contributed by atoms with Gasteiger partial charge in [0.05, 0.1) is 11.4 Å². The van der Waals surface area contributed by atoms with Crippen LogP contribution in [0.3, 0.4) is 0 Å². The van der Waals surface area contributed by atoms with Crippen molar-refractivity contribution in [2.24, 2.45) is 4.99 Å². The van der Waals surface area contributed by atoms with Gasteiger partial charge in [-0.25, -0.2) is 0 Å². The minimum Gasteiger partial charge on any atom is -0.252 e. The van der Waals surface area contributed by atoms with E-state index in [0.29, 0.717) is 0 Å². The third-order valence-electron chi connectivity index (χ3n) is 12.4. The Kier molecular flexibility index (Phi) is 6.82. The summed E-state index contributed by atoms with van der Waals surface area (Å²) in [4.78, 5) is 5.50. The van der Waals surface area contributed by atoms with Crippen LogP contribution in [-0.2, 0) is 6.42 Å². The predicted octanol–water partition coefficient (Wildman–Crippen LogP) is 14.7. The highest BCUT2D eigenvalue weighted by Crippen LogP contribution is 2.49. The molecule has 0 bridgehead atoms. The molecule has 0 spiro atoms. The van der Waals surface area contributed by atoms with Gasteiger partial charge >= 0.3 is 0 Å². The van der Waals surface area contributed by atoms with E-state index < -0.39 is 0 Å². The van der Waals surface area contributed by atoms with Gasteiger partial charge in [-0.15, -0.1) is 0 Å². The van der Waals surface area contributed by atoms with E-state index in [4.69, 9.17) is 4.99 Å². The smallest absolute Gasteiger partial charge is 0.0671 e. The van der Waals surface area contributed by atoms with E-state index in [1.807, 2.05) is 0 Å². The third kappa shape index (κ3) is 4.64. The maximum Gasteiger partial charge on any atom is 0.0671 e. The SMILES string of the molecule is c1ccc2c(c1)C1=Nc3cc(-c4ccc5c(-c6cccc7ccccc67)c6ccccc6c(-c6cccc7ccccc67)c5c4)ccc3CC1c1ccccc1-2. The van der Waals surface area contributed by atoms with E-state index >= 15 is 0 Å². The van der Waals surface area contributed by atoms with Crippen molar-refractivity contribution in [3.05, 3.63) is 211 Å². The van der Waals surface area contributed by atoms with Crippen molar-refractivity contribution < 1.29 is 0 Å². The number of fused-ring (bicyclic) bond motifs is 11. The van der Waals surface area contributed by atoms with E-state index in [9.17, 15) is 0 Å². The van der Waals surface area contributed by atoms with Gasteiger partial charge in [0.2, 0.25) is 0 Å². The van der Waals surface area contributed by atoms with Crippen LogP contribution >= 0.6 is 0 Å². The highest BCUT2D eigenvalue weighted by molar-refractivity contribution is 6.25. The first-order valence-electron chi connectivity index (χ1n) is 19.6. The molecule has 12 rings (SSSR count). The van der Waals surface area contributed by atoms with Gasteiger partial charge in [-0.1, -0.05) is 182 Å².